The van der Waals surface area contributed by atoms with E-state index in [9.17, 15) is 29.1 Å². The molecule has 1 unspecified atom stereocenters. The topological polar surface area (TPSA) is 131 Å². The number of piperidine rings is 2. The summed E-state index contributed by atoms with van der Waals surface area (Å²) in [5.41, 5.74) is 8.92. The van der Waals surface area contributed by atoms with Crippen LogP contribution in [0.1, 0.15) is 98.0 Å². The van der Waals surface area contributed by atoms with E-state index in [1.807, 2.05) is 17.0 Å². The summed E-state index contributed by atoms with van der Waals surface area (Å²) in [6.07, 6.45) is 3.82. The molecule has 3 saturated heterocycles. The van der Waals surface area contributed by atoms with E-state index < -0.39 is 29.7 Å². The highest BCUT2D eigenvalue weighted by Crippen LogP contribution is 2.47. The molecule has 0 saturated carbocycles. The molecule has 11 heteroatoms. The molecule has 6 aliphatic rings. The van der Waals surface area contributed by atoms with E-state index in [1.165, 1.54) is 27.9 Å². The van der Waals surface area contributed by atoms with E-state index in [1.54, 1.807) is 12.1 Å². The molecule has 0 spiro atoms. The van der Waals surface area contributed by atoms with Crippen LogP contribution in [0, 0.1) is 5.92 Å². The second kappa shape index (κ2) is 14.0. The Labute approximate surface area is 331 Å². The minimum Gasteiger partial charge on any atom is -0.508 e. The monoisotopic (exact) mass is 763 g/mol. The first-order chi connectivity index (χ1) is 27.7. The first-order valence-corrected chi connectivity index (χ1v) is 20.3. The van der Waals surface area contributed by atoms with E-state index in [4.69, 9.17) is 0 Å². The van der Waals surface area contributed by atoms with Crippen molar-refractivity contribution in [2.75, 3.05) is 31.1 Å². The van der Waals surface area contributed by atoms with Gasteiger partial charge in [0.15, 0.2) is 0 Å². The van der Waals surface area contributed by atoms with Crippen LogP contribution in [0.2, 0.25) is 0 Å². The minimum absolute atomic E-state index is 0.00588. The fraction of sp³-hybridized carbons (Fsp3) is 0.370. The average Bonchev–Trinajstić information content (AvgIpc) is 3.72. The van der Waals surface area contributed by atoms with Gasteiger partial charge >= 0.3 is 0 Å². The van der Waals surface area contributed by atoms with Crippen LogP contribution >= 0.6 is 0 Å². The molecule has 11 nitrogen and oxygen atoms in total. The smallest absolute Gasteiger partial charge is 0.262 e. The van der Waals surface area contributed by atoms with Crippen LogP contribution in [0.5, 0.6) is 5.75 Å². The number of hydrogen-bond donors (Lipinski definition) is 2. The summed E-state index contributed by atoms with van der Waals surface area (Å²) in [7, 11) is 0. The molecule has 5 heterocycles. The third-order valence-corrected chi connectivity index (χ3v) is 13.5. The van der Waals surface area contributed by atoms with Crippen molar-refractivity contribution in [2.45, 2.75) is 75.5 Å². The number of carbonyl (C=O) groups excluding carboxylic acids is 5. The van der Waals surface area contributed by atoms with Gasteiger partial charge < -0.3 is 14.9 Å². The Kier molecular flexibility index (Phi) is 8.73. The lowest BCUT2D eigenvalue weighted by Gasteiger charge is -2.46. The minimum atomic E-state index is -0.976. The predicted octanol–water partition coefficient (Wildman–Crippen LogP) is 5.10. The summed E-state index contributed by atoms with van der Waals surface area (Å²) in [4.78, 5) is 72.1. The fourth-order valence-electron chi connectivity index (χ4n) is 10.3. The number of nitrogens with one attached hydrogen (secondary N) is 1. The van der Waals surface area contributed by atoms with Crippen molar-refractivity contribution in [3.8, 4) is 5.75 Å². The maximum absolute atomic E-state index is 13.6. The highest BCUT2D eigenvalue weighted by Gasteiger charge is 2.46. The lowest BCUT2D eigenvalue weighted by molar-refractivity contribution is -0.144. The number of carbonyl (C=O) groups is 5. The number of rotatable bonds is 6. The molecule has 0 aromatic heterocycles. The number of likely N-dealkylation sites (tertiary alicyclic amines) is 1. The summed E-state index contributed by atoms with van der Waals surface area (Å²) < 4.78 is 0. The Bertz CT molecular complexity index is 2270. The van der Waals surface area contributed by atoms with Gasteiger partial charge in [-0.3, -0.25) is 39.1 Å². The summed E-state index contributed by atoms with van der Waals surface area (Å²) in [5, 5.41) is 12.5. The molecule has 1 aliphatic carbocycles. The molecule has 3 fully saturated rings. The van der Waals surface area contributed by atoms with Crippen molar-refractivity contribution in [2.24, 2.45) is 5.92 Å². The van der Waals surface area contributed by atoms with Gasteiger partial charge in [-0.25, -0.2) is 0 Å². The van der Waals surface area contributed by atoms with Crippen molar-refractivity contribution in [1.29, 1.82) is 0 Å². The molecule has 2 N–H and O–H groups in total. The van der Waals surface area contributed by atoms with Crippen LogP contribution in [-0.4, -0.2) is 87.6 Å². The van der Waals surface area contributed by atoms with Crippen molar-refractivity contribution in [3.05, 3.63) is 129 Å². The maximum atomic E-state index is 13.6. The molecule has 3 atom stereocenters. The Morgan fingerprint density at radius 2 is 1.39 bits per heavy atom. The number of phenols is 1. The molecule has 5 aliphatic heterocycles. The van der Waals surface area contributed by atoms with Gasteiger partial charge in [0.05, 0.1) is 11.1 Å². The second-order valence-electron chi connectivity index (χ2n) is 16.7. The van der Waals surface area contributed by atoms with Gasteiger partial charge in [-0.1, -0.05) is 48.5 Å². The van der Waals surface area contributed by atoms with Crippen molar-refractivity contribution in [3.63, 3.8) is 0 Å². The lowest BCUT2D eigenvalue weighted by atomic mass is 9.69. The highest BCUT2D eigenvalue weighted by molar-refractivity contribution is 6.23. The number of aromatic hydroxyl groups is 1. The van der Waals surface area contributed by atoms with Crippen LogP contribution in [-0.2, 0) is 33.9 Å². The maximum Gasteiger partial charge on any atom is 0.262 e. The largest absolute Gasteiger partial charge is 0.508 e. The van der Waals surface area contributed by atoms with Gasteiger partial charge in [-0.2, -0.15) is 0 Å². The first-order valence-electron chi connectivity index (χ1n) is 20.3. The molecule has 10 rings (SSSR count). The van der Waals surface area contributed by atoms with Gasteiger partial charge in [0.2, 0.25) is 17.7 Å². The predicted molar refractivity (Wildman–Crippen MR) is 212 cm³/mol. The fourth-order valence-corrected chi connectivity index (χ4v) is 10.3. The standard InChI is InChI=1S/C46H45N5O6/c52-35-11-13-37-30(20-35)8-12-36(27-4-2-1-3-5-27)42(37)28-6-9-33(10-7-28)48-18-16-29(17-19-48)44(55)50-25-34(26-50)49-23-31-21-38-39(22-32(31)24-49)46(57)51(45(38)56)40-14-15-41(53)47-43(40)54/h1-7,9-11,13,20-22,29,34,36,40,42,52H,8,12,14-19,23-26H2,(H,47,53,54)/t36-,40?,42+/m1/s1. The Morgan fingerprint density at radius 3 is 2.05 bits per heavy atom. The Balaban J connectivity index is 0.739. The van der Waals surface area contributed by atoms with E-state index in [2.05, 4.69) is 75.8 Å². The first kappa shape index (κ1) is 35.6. The van der Waals surface area contributed by atoms with E-state index >= 15 is 0 Å². The summed E-state index contributed by atoms with van der Waals surface area (Å²) in [6.45, 7) is 4.27. The summed E-state index contributed by atoms with van der Waals surface area (Å²) >= 11 is 0. The van der Waals surface area contributed by atoms with Crippen LogP contribution in [0.3, 0.4) is 0 Å². The number of phenolic OH excluding ortho intramolecular Hbond substituents is 1. The molecule has 4 aromatic carbocycles. The number of benzene rings is 4. The molecular weight excluding hydrogens is 719 g/mol. The van der Waals surface area contributed by atoms with E-state index in [-0.39, 0.29) is 36.6 Å². The third kappa shape index (κ3) is 6.19. The van der Waals surface area contributed by atoms with E-state index in [0.717, 1.165) is 54.8 Å². The number of imide groups is 2. The molecule has 0 radical (unpaired) electrons. The Morgan fingerprint density at radius 1 is 0.702 bits per heavy atom. The number of nitrogens with zero attached hydrogens (tertiary/aromatic N) is 4. The zero-order chi connectivity index (χ0) is 38.9. The van der Waals surface area contributed by atoms with Gasteiger partial charge in [0.1, 0.15) is 11.8 Å². The van der Waals surface area contributed by atoms with Crippen LogP contribution < -0.4 is 10.2 Å². The molecule has 290 valence electrons. The van der Waals surface area contributed by atoms with Crippen LogP contribution in [0.25, 0.3) is 0 Å². The van der Waals surface area contributed by atoms with Crippen molar-refractivity contribution < 1.29 is 29.1 Å². The zero-order valence-electron chi connectivity index (χ0n) is 31.7. The molecule has 5 amide bonds. The van der Waals surface area contributed by atoms with Crippen molar-refractivity contribution >= 4 is 35.2 Å². The quantitative estimate of drug-likeness (QED) is 0.260. The number of anilines is 1. The molecular formula is C46H45N5O6. The number of aryl methyl sites for hydroxylation is 1. The normalized spacial score (nSPS) is 23.9. The molecule has 4 aromatic rings. The van der Waals surface area contributed by atoms with Crippen LogP contribution in [0.15, 0.2) is 84.9 Å². The molecule has 57 heavy (non-hydrogen) atoms. The average molecular weight is 764 g/mol. The SMILES string of the molecule is O=C1CCC(N2C(=O)c3cc4c(cc3C2=O)CN(C2CN(C(=O)C3CCN(c5ccc([C@@H]6c7ccc(O)cc7CC[C@@H]6c6ccccc6)cc5)CC3)C2)C4)C(=O)N1. The molecule has 0 bridgehead atoms. The summed E-state index contributed by atoms with van der Waals surface area (Å²) in [6, 6.07) is 28.4. The summed E-state index contributed by atoms with van der Waals surface area (Å²) in [5.74, 6) is -0.857. The number of fused-ring (bicyclic) bond motifs is 3. The van der Waals surface area contributed by atoms with E-state index in [0.29, 0.717) is 49.0 Å². The second-order valence-corrected chi connectivity index (χ2v) is 16.7. The van der Waals surface area contributed by atoms with Gasteiger partial charge in [-0.05, 0) is 108 Å². The Hall–Kier alpha value is -5.81. The lowest BCUT2D eigenvalue weighted by Crippen LogP contribution is -2.61. The van der Waals surface area contributed by atoms with Gasteiger partial charge in [0.25, 0.3) is 11.8 Å². The zero-order valence-corrected chi connectivity index (χ0v) is 31.7. The van der Waals surface area contributed by atoms with Crippen molar-refractivity contribution in [1.82, 2.24) is 20.0 Å². The number of amides is 5. The highest BCUT2D eigenvalue weighted by atomic mass is 16.3. The third-order valence-electron chi connectivity index (χ3n) is 13.5. The van der Waals surface area contributed by atoms with Gasteiger partial charge in [-0.15, -0.1) is 0 Å². The number of hydrogen-bond acceptors (Lipinski definition) is 8. The van der Waals surface area contributed by atoms with Gasteiger partial charge in [0, 0.05) is 69.3 Å². The van der Waals surface area contributed by atoms with Crippen LogP contribution in [0.4, 0.5) is 5.69 Å².